The largest absolute Gasteiger partial charge is 0.497 e. The highest BCUT2D eigenvalue weighted by Gasteiger charge is 2.28. The van der Waals surface area contributed by atoms with Gasteiger partial charge in [0.15, 0.2) is 5.96 Å². The zero-order chi connectivity index (χ0) is 17.4. The summed E-state index contributed by atoms with van der Waals surface area (Å²) in [7, 11) is 3.47. The lowest BCUT2D eigenvalue weighted by Gasteiger charge is -2.41. The van der Waals surface area contributed by atoms with Crippen LogP contribution in [-0.4, -0.2) is 63.4 Å². The van der Waals surface area contributed by atoms with E-state index >= 15 is 0 Å². The topological polar surface area (TPSA) is 58.1 Å². The SMILES string of the molecule is CN=C(NCc1ccc(OC)cc1)NCC(C)(C)N1CCOCC1. The third kappa shape index (κ3) is 5.39. The standard InChI is InChI=1S/C18H30N4O2/c1-18(2,22-9-11-24-12-10-22)14-21-17(19-3)20-13-15-5-7-16(23-4)8-6-15/h5-8H,9-14H2,1-4H3,(H2,19,20,21). The molecule has 1 fully saturated rings. The van der Waals surface area contributed by atoms with Crippen LogP contribution in [0.1, 0.15) is 19.4 Å². The highest BCUT2D eigenvalue weighted by molar-refractivity contribution is 5.79. The Morgan fingerprint density at radius 3 is 2.46 bits per heavy atom. The lowest BCUT2D eigenvalue weighted by atomic mass is 10.0. The molecule has 0 aromatic heterocycles. The zero-order valence-corrected chi connectivity index (χ0v) is 15.3. The summed E-state index contributed by atoms with van der Waals surface area (Å²) >= 11 is 0. The molecule has 24 heavy (non-hydrogen) atoms. The van der Waals surface area contributed by atoms with Gasteiger partial charge in [-0.2, -0.15) is 0 Å². The third-order valence-electron chi connectivity index (χ3n) is 4.40. The van der Waals surface area contributed by atoms with Crippen molar-refractivity contribution in [3.8, 4) is 5.75 Å². The fraction of sp³-hybridized carbons (Fsp3) is 0.611. The summed E-state index contributed by atoms with van der Waals surface area (Å²) in [5.41, 5.74) is 1.24. The molecule has 6 heteroatoms. The van der Waals surface area contributed by atoms with Gasteiger partial charge in [0.25, 0.3) is 0 Å². The van der Waals surface area contributed by atoms with Gasteiger partial charge in [0, 0.05) is 38.8 Å². The molecule has 2 rings (SSSR count). The van der Waals surface area contributed by atoms with E-state index in [1.807, 2.05) is 12.1 Å². The number of morpholine rings is 1. The molecule has 1 heterocycles. The summed E-state index contributed by atoms with van der Waals surface area (Å²) in [5.74, 6) is 1.68. The van der Waals surface area contributed by atoms with Crippen LogP contribution in [0.3, 0.4) is 0 Å². The number of nitrogens with one attached hydrogen (secondary N) is 2. The summed E-state index contributed by atoms with van der Waals surface area (Å²) in [6.45, 7) is 9.64. The number of methoxy groups -OCH3 is 1. The Hall–Kier alpha value is -1.79. The van der Waals surface area contributed by atoms with Crippen LogP contribution in [0.25, 0.3) is 0 Å². The van der Waals surface area contributed by atoms with Gasteiger partial charge in [-0.15, -0.1) is 0 Å². The van der Waals surface area contributed by atoms with Crippen molar-refractivity contribution in [2.24, 2.45) is 4.99 Å². The van der Waals surface area contributed by atoms with E-state index in [9.17, 15) is 0 Å². The van der Waals surface area contributed by atoms with Crippen LogP contribution in [0.2, 0.25) is 0 Å². The predicted molar refractivity (Wildman–Crippen MR) is 97.7 cm³/mol. The van der Waals surface area contributed by atoms with Gasteiger partial charge < -0.3 is 20.1 Å². The normalized spacial score (nSPS) is 16.8. The molecule has 1 aliphatic heterocycles. The maximum absolute atomic E-state index is 5.44. The summed E-state index contributed by atoms with van der Waals surface area (Å²) < 4.78 is 10.6. The van der Waals surface area contributed by atoms with E-state index in [0.29, 0.717) is 0 Å². The lowest BCUT2D eigenvalue weighted by molar-refractivity contribution is -0.00834. The molecule has 134 valence electrons. The van der Waals surface area contributed by atoms with Crippen LogP contribution in [0.4, 0.5) is 0 Å². The molecule has 1 aliphatic rings. The van der Waals surface area contributed by atoms with Crippen molar-refractivity contribution in [3.63, 3.8) is 0 Å². The van der Waals surface area contributed by atoms with E-state index in [-0.39, 0.29) is 5.54 Å². The number of rotatable bonds is 6. The van der Waals surface area contributed by atoms with Gasteiger partial charge in [0.05, 0.1) is 20.3 Å². The second-order valence-corrected chi connectivity index (χ2v) is 6.54. The first kappa shape index (κ1) is 18.5. The summed E-state index contributed by atoms with van der Waals surface area (Å²) in [5, 5.41) is 6.79. The monoisotopic (exact) mass is 334 g/mol. The second kappa shape index (κ2) is 8.89. The van der Waals surface area contributed by atoms with E-state index in [4.69, 9.17) is 9.47 Å². The van der Waals surface area contributed by atoms with Crippen LogP contribution in [-0.2, 0) is 11.3 Å². The van der Waals surface area contributed by atoms with Crippen LogP contribution in [0, 0.1) is 0 Å². The predicted octanol–water partition coefficient (Wildman–Crippen LogP) is 1.47. The molecule has 0 spiro atoms. The molecular weight excluding hydrogens is 304 g/mol. The number of ether oxygens (including phenoxy) is 2. The van der Waals surface area contributed by atoms with Gasteiger partial charge in [0.2, 0.25) is 0 Å². The van der Waals surface area contributed by atoms with Crippen molar-refractivity contribution in [1.29, 1.82) is 0 Å². The minimum atomic E-state index is 0.0571. The van der Waals surface area contributed by atoms with Crippen molar-refractivity contribution in [1.82, 2.24) is 15.5 Å². The number of aliphatic imine (C=N–C) groups is 1. The highest BCUT2D eigenvalue weighted by Crippen LogP contribution is 2.15. The molecule has 0 saturated carbocycles. The average molecular weight is 334 g/mol. The number of hydrogen-bond acceptors (Lipinski definition) is 4. The van der Waals surface area contributed by atoms with E-state index in [1.165, 1.54) is 5.56 Å². The molecule has 1 saturated heterocycles. The highest BCUT2D eigenvalue weighted by atomic mass is 16.5. The minimum absolute atomic E-state index is 0.0571. The number of nitrogens with zero attached hydrogens (tertiary/aromatic N) is 2. The average Bonchev–Trinajstić information content (AvgIpc) is 2.63. The summed E-state index contributed by atoms with van der Waals surface area (Å²) in [4.78, 5) is 6.77. The first-order valence-corrected chi connectivity index (χ1v) is 8.45. The molecule has 0 aliphatic carbocycles. The van der Waals surface area contributed by atoms with Gasteiger partial charge in [-0.3, -0.25) is 9.89 Å². The van der Waals surface area contributed by atoms with Crippen LogP contribution < -0.4 is 15.4 Å². The van der Waals surface area contributed by atoms with Crippen molar-refractivity contribution in [2.45, 2.75) is 25.9 Å². The molecule has 0 amide bonds. The summed E-state index contributed by atoms with van der Waals surface area (Å²) in [6.07, 6.45) is 0. The maximum Gasteiger partial charge on any atom is 0.191 e. The molecule has 1 aromatic carbocycles. The van der Waals surface area contributed by atoms with Crippen LogP contribution >= 0.6 is 0 Å². The number of guanidine groups is 1. The Bertz CT molecular complexity index is 522. The van der Waals surface area contributed by atoms with E-state index in [0.717, 1.165) is 51.1 Å². The van der Waals surface area contributed by atoms with Gasteiger partial charge in [0.1, 0.15) is 5.75 Å². The molecule has 2 N–H and O–H groups in total. The van der Waals surface area contributed by atoms with E-state index in [2.05, 4.69) is 46.5 Å². The van der Waals surface area contributed by atoms with Crippen LogP contribution in [0.5, 0.6) is 5.75 Å². The maximum atomic E-state index is 5.44. The Kier molecular flexibility index (Phi) is 6.87. The smallest absolute Gasteiger partial charge is 0.191 e. The van der Waals surface area contributed by atoms with Crippen molar-refractivity contribution in [3.05, 3.63) is 29.8 Å². The Balaban J connectivity index is 1.80. The van der Waals surface area contributed by atoms with Gasteiger partial charge in [-0.25, -0.2) is 0 Å². The Morgan fingerprint density at radius 2 is 1.88 bits per heavy atom. The molecule has 0 bridgehead atoms. The first-order valence-electron chi connectivity index (χ1n) is 8.45. The molecule has 0 radical (unpaired) electrons. The van der Waals surface area contributed by atoms with Gasteiger partial charge >= 0.3 is 0 Å². The summed E-state index contributed by atoms with van der Waals surface area (Å²) in [6, 6.07) is 8.04. The lowest BCUT2D eigenvalue weighted by Crippen LogP contribution is -2.56. The number of hydrogen-bond donors (Lipinski definition) is 2. The molecular formula is C18H30N4O2. The second-order valence-electron chi connectivity index (χ2n) is 6.54. The van der Waals surface area contributed by atoms with Gasteiger partial charge in [-0.1, -0.05) is 12.1 Å². The van der Waals surface area contributed by atoms with Gasteiger partial charge in [-0.05, 0) is 31.5 Å². The molecule has 1 aromatic rings. The Morgan fingerprint density at radius 1 is 1.21 bits per heavy atom. The van der Waals surface area contributed by atoms with Crippen molar-refractivity contribution < 1.29 is 9.47 Å². The van der Waals surface area contributed by atoms with E-state index < -0.39 is 0 Å². The minimum Gasteiger partial charge on any atom is -0.497 e. The quantitative estimate of drug-likeness (QED) is 0.609. The van der Waals surface area contributed by atoms with E-state index in [1.54, 1.807) is 14.2 Å². The third-order valence-corrected chi connectivity index (χ3v) is 4.40. The molecule has 0 unspecified atom stereocenters. The zero-order valence-electron chi connectivity index (χ0n) is 15.3. The molecule has 6 nitrogen and oxygen atoms in total. The first-order chi connectivity index (χ1) is 11.5. The van der Waals surface area contributed by atoms with Crippen LogP contribution in [0.15, 0.2) is 29.3 Å². The van der Waals surface area contributed by atoms with Crippen molar-refractivity contribution >= 4 is 5.96 Å². The number of benzene rings is 1. The Labute approximate surface area is 145 Å². The molecule has 0 atom stereocenters. The van der Waals surface area contributed by atoms with Crippen molar-refractivity contribution in [2.75, 3.05) is 47.0 Å². The fourth-order valence-electron chi connectivity index (χ4n) is 2.73. The fourth-order valence-corrected chi connectivity index (χ4v) is 2.73.